The van der Waals surface area contributed by atoms with Gasteiger partial charge in [0.05, 0.1) is 0 Å². The first-order valence-corrected chi connectivity index (χ1v) is 16.9. The number of unbranched alkanes of at least 4 members (excludes halogenated alkanes) is 14. The van der Waals surface area contributed by atoms with Crippen LogP contribution in [-0.2, 0) is 0 Å². The Morgan fingerprint density at radius 1 is 0.455 bits per heavy atom. The zero-order valence-electron chi connectivity index (χ0n) is 15.5. The Morgan fingerprint density at radius 2 is 0.727 bits per heavy atom. The predicted octanol–water partition coefficient (Wildman–Crippen LogP) is 7.43. The number of hydrogen-bond donors (Lipinski definition) is 0. The van der Waals surface area contributed by atoms with E-state index in [9.17, 15) is 0 Å². The van der Waals surface area contributed by atoms with E-state index in [1.807, 2.05) is 0 Å². The van der Waals surface area contributed by atoms with Gasteiger partial charge in [-0.1, -0.05) is 0 Å². The summed E-state index contributed by atoms with van der Waals surface area (Å²) >= 11 is 3.20. The topological polar surface area (TPSA) is 0 Å². The fraction of sp³-hybridized carbons (Fsp3) is 1.00. The standard InChI is InChI=1S/C20H42Se2/c1-3-5-7-9-11-13-15-17-19-22(21)20-18-16-14-12-10-8-6-4-2/h3-20H2,1-2H3. The van der Waals surface area contributed by atoms with Gasteiger partial charge in [0.1, 0.15) is 0 Å². The Kier molecular flexibility index (Phi) is 21.0. The average Bonchev–Trinajstić information content (AvgIpc) is 2.52. The molecule has 0 aliphatic heterocycles. The first-order valence-electron chi connectivity index (χ1n) is 10.2. The van der Waals surface area contributed by atoms with Gasteiger partial charge in [0.15, 0.2) is 0 Å². The van der Waals surface area contributed by atoms with Crippen molar-refractivity contribution in [1.82, 2.24) is 0 Å². The van der Waals surface area contributed by atoms with E-state index in [0.29, 0.717) is 0 Å². The van der Waals surface area contributed by atoms with Crippen LogP contribution in [0.1, 0.15) is 117 Å². The SMILES string of the molecule is CCCCCCCCCC[Se](=[Se])CCCCCCCCCC. The Bertz CT molecular complexity index is 204. The maximum atomic E-state index is 3.54. The van der Waals surface area contributed by atoms with Crippen LogP contribution in [0.25, 0.3) is 0 Å². The third kappa shape index (κ3) is 19.1. The molecule has 0 saturated heterocycles. The van der Waals surface area contributed by atoms with Crippen molar-refractivity contribution in [2.75, 3.05) is 0 Å². The fourth-order valence-electron chi connectivity index (χ4n) is 2.90. The molecule has 0 nitrogen and oxygen atoms in total. The molecule has 0 unspecified atom stereocenters. The molecule has 0 aliphatic rings. The summed E-state index contributed by atoms with van der Waals surface area (Å²) in [6, 6.07) is 0. The van der Waals surface area contributed by atoms with Crippen LogP contribution in [0.4, 0.5) is 0 Å². The van der Waals surface area contributed by atoms with Gasteiger partial charge >= 0.3 is 152 Å². The van der Waals surface area contributed by atoms with Crippen LogP contribution in [0.2, 0.25) is 10.6 Å². The van der Waals surface area contributed by atoms with Crippen molar-refractivity contribution in [2.45, 2.75) is 127 Å². The van der Waals surface area contributed by atoms with Crippen molar-refractivity contribution in [1.29, 1.82) is 0 Å². The van der Waals surface area contributed by atoms with Crippen LogP contribution in [0.15, 0.2) is 0 Å². The summed E-state index contributed by atoms with van der Waals surface area (Å²) in [5.74, 6) is 0. The van der Waals surface area contributed by atoms with Crippen molar-refractivity contribution >= 4 is 25.2 Å². The molecule has 0 rings (SSSR count). The van der Waals surface area contributed by atoms with Gasteiger partial charge in [0.2, 0.25) is 0 Å². The van der Waals surface area contributed by atoms with Crippen molar-refractivity contribution in [3.63, 3.8) is 0 Å². The summed E-state index contributed by atoms with van der Waals surface area (Å²) in [6.45, 7) is 4.60. The summed E-state index contributed by atoms with van der Waals surface area (Å²) in [6.07, 6.45) is 23.4. The van der Waals surface area contributed by atoms with E-state index >= 15 is 0 Å². The second kappa shape index (κ2) is 20.1. The van der Waals surface area contributed by atoms with E-state index in [-0.39, 0.29) is 11.5 Å². The average molecular weight is 440 g/mol. The summed E-state index contributed by atoms with van der Waals surface area (Å²) in [5.41, 5.74) is 0. The van der Waals surface area contributed by atoms with Gasteiger partial charge in [-0.05, 0) is 0 Å². The van der Waals surface area contributed by atoms with Crippen LogP contribution in [0, 0.1) is 0 Å². The van der Waals surface area contributed by atoms with Crippen LogP contribution in [0.3, 0.4) is 0 Å². The second-order valence-corrected chi connectivity index (χ2v) is 15.5. The monoisotopic (exact) mass is 442 g/mol. The molecule has 0 fully saturated rings. The zero-order valence-corrected chi connectivity index (χ0v) is 19.0. The molecule has 0 aromatic heterocycles. The van der Waals surface area contributed by atoms with E-state index in [1.165, 1.54) is 103 Å². The van der Waals surface area contributed by atoms with Gasteiger partial charge in [0.25, 0.3) is 0 Å². The molecule has 134 valence electrons. The molecule has 0 spiro atoms. The normalized spacial score (nSPS) is 11.4. The molecule has 0 aromatic rings. The van der Waals surface area contributed by atoms with Gasteiger partial charge in [-0.2, -0.15) is 0 Å². The first-order chi connectivity index (χ1) is 10.8. The molecule has 0 heterocycles. The molecular weight excluding hydrogens is 398 g/mol. The van der Waals surface area contributed by atoms with Crippen molar-refractivity contribution in [3.8, 4) is 0 Å². The minimum absolute atomic E-state index is 0.336. The Balaban J connectivity index is 3.13. The Labute approximate surface area is 152 Å². The molecule has 0 amide bonds. The number of rotatable bonds is 18. The van der Waals surface area contributed by atoms with Crippen LogP contribution < -0.4 is 0 Å². The molecule has 22 heavy (non-hydrogen) atoms. The molecule has 0 saturated carbocycles. The Morgan fingerprint density at radius 3 is 1.05 bits per heavy atom. The quantitative estimate of drug-likeness (QED) is 0.154. The molecule has 2 heteroatoms. The minimum atomic E-state index is -0.336. The van der Waals surface area contributed by atoms with E-state index < -0.39 is 0 Å². The van der Waals surface area contributed by atoms with Gasteiger partial charge in [-0.3, -0.25) is 0 Å². The third-order valence-corrected chi connectivity index (χ3v) is 11.2. The molecule has 0 aromatic carbocycles. The van der Waals surface area contributed by atoms with E-state index in [2.05, 4.69) is 27.5 Å². The zero-order chi connectivity index (χ0) is 16.3. The van der Waals surface area contributed by atoms with Crippen LogP contribution in [-0.4, -0.2) is 25.2 Å². The molecular formula is C20H42Se2. The van der Waals surface area contributed by atoms with Gasteiger partial charge in [-0.15, -0.1) is 0 Å². The predicted molar refractivity (Wildman–Crippen MR) is 106 cm³/mol. The first kappa shape index (κ1) is 23.0. The summed E-state index contributed by atoms with van der Waals surface area (Å²) in [4.78, 5) is 0. The van der Waals surface area contributed by atoms with Crippen molar-refractivity contribution in [3.05, 3.63) is 0 Å². The fourth-order valence-corrected chi connectivity index (χ4v) is 8.10. The maximum absolute atomic E-state index is 3.54. The van der Waals surface area contributed by atoms with Gasteiger partial charge in [-0.25, -0.2) is 0 Å². The molecule has 0 radical (unpaired) electrons. The third-order valence-electron chi connectivity index (χ3n) is 4.45. The summed E-state index contributed by atoms with van der Waals surface area (Å²) < 4.78 is 0. The van der Waals surface area contributed by atoms with Crippen LogP contribution in [0.5, 0.6) is 0 Å². The molecule has 0 aliphatic carbocycles. The molecule has 0 atom stereocenters. The summed E-state index contributed by atoms with van der Waals surface area (Å²) in [7, 11) is 0. The van der Waals surface area contributed by atoms with E-state index in [4.69, 9.17) is 0 Å². The van der Waals surface area contributed by atoms with Gasteiger partial charge < -0.3 is 0 Å². The van der Waals surface area contributed by atoms with Gasteiger partial charge in [0, 0.05) is 0 Å². The molecule has 0 N–H and O–H groups in total. The van der Waals surface area contributed by atoms with Crippen molar-refractivity contribution < 1.29 is 0 Å². The molecule has 0 bridgehead atoms. The second-order valence-electron chi connectivity index (χ2n) is 6.80. The Hall–Kier alpha value is 1.04. The summed E-state index contributed by atoms with van der Waals surface area (Å²) in [5, 5.41) is 3.09. The van der Waals surface area contributed by atoms with E-state index in [1.54, 1.807) is 10.6 Å². The van der Waals surface area contributed by atoms with Crippen molar-refractivity contribution in [2.24, 2.45) is 0 Å². The number of hydrogen-bond acceptors (Lipinski definition) is 0. The van der Waals surface area contributed by atoms with Crippen LogP contribution >= 0.6 is 0 Å². The van der Waals surface area contributed by atoms with E-state index in [0.717, 1.165) is 0 Å².